The lowest BCUT2D eigenvalue weighted by Crippen LogP contribution is -2.19. The first-order valence-electron chi connectivity index (χ1n) is 8.61. The molecule has 0 bridgehead atoms. The number of hydrogen-bond acceptors (Lipinski definition) is 5. The highest BCUT2D eigenvalue weighted by Gasteiger charge is 2.29. The van der Waals surface area contributed by atoms with Crippen molar-refractivity contribution in [1.29, 1.82) is 0 Å². The second-order valence-corrected chi connectivity index (χ2v) is 9.54. The van der Waals surface area contributed by atoms with Crippen molar-refractivity contribution < 1.29 is 22.0 Å². The molecule has 0 unspecified atom stereocenters. The Hall–Kier alpha value is -1.94. The summed E-state index contributed by atoms with van der Waals surface area (Å²) < 4.78 is 51.3. The van der Waals surface area contributed by atoms with Gasteiger partial charge < -0.3 is 9.88 Å². The molecule has 0 saturated heterocycles. The van der Waals surface area contributed by atoms with Gasteiger partial charge in [0.25, 0.3) is 0 Å². The van der Waals surface area contributed by atoms with Crippen molar-refractivity contribution in [2.75, 3.05) is 11.1 Å². The first-order chi connectivity index (χ1) is 13.0. The van der Waals surface area contributed by atoms with Crippen molar-refractivity contribution in [3.8, 4) is 0 Å². The highest BCUT2D eigenvalue weighted by atomic mass is 32.2. The van der Waals surface area contributed by atoms with E-state index in [2.05, 4.69) is 24.1 Å². The third-order valence-electron chi connectivity index (χ3n) is 4.01. The SMILES string of the molecule is Cc1nc(SCC(=O)Nc2ccccc2S(=O)(=O)C(F)F)n(CC(C)C)c1C. The summed E-state index contributed by atoms with van der Waals surface area (Å²) in [5.41, 5.74) is 1.73. The fraction of sp³-hybridized carbons (Fsp3) is 0.444. The Morgan fingerprint density at radius 2 is 1.89 bits per heavy atom. The average molecular weight is 432 g/mol. The lowest BCUT2D eigenvalue weighted by Gasteiger charge is -2.13. The summed E-state index contributed by atoms with van der Waals surface area (Å²) >= 11 is 1.21. The van der Waals surface area contributed by atoms with Gasteiger partial charge in [0.15, 0.2) is 5.16 Å². The van der Waals surface area contributed by atoms with Gasteiger partial charge in [-0.25, -0.2) is 13.4 Å². The molecule has 2 rings (SSSR count). The smallest absolute Gasteiger partial charge is 0.324 e. The molecule has 1 heterocycles. The van der Waals surface area contributed by atoms with Gasteiger partial charge in [-0.2, -0.15) is 8.78 Å². The Morgan fingerprint density at radius 3 is 2.50 bits per heavy atom. The van der Waals surface area contributed by atoms with Gasteiger partial charge in [0, 0.05) is 12.2 Å². The molecule has 1 aromatic heterocycles. The average Bonchev–Trinajstić information content (AvgIpc) is 2.87. The Morgan fingerprint density at radius 1 is 1.25 bits per heavy atom. The zero-order valence-corrected chi connectivity index (χ0v) is 17.7. The van der Waals surface area contributed by atoms with Crippen LogP contribution in [0, 0.1) is 19.8 Å². The molecular weight excluding hydrogens is 408 g/mol. The number of para-hydroxylation sites is 1. The largest absolute Gasteiger partial charge is 0.341 e. The van der Waals surface area contributed by atoms with Crippen molar-refractivity contribution in [2.45, 2.75) is 50.0 Å². The number of aromatic nitrogens is 2. The van der Waals surface area contributed by atoms with E-state index in [0.29, 0.717) is 11.1 Å². The van der Waals surface area contributed by atoms with E-state index in [1.165, 1.54) is 30.0 Å². The standard InChI is InChI=1S/C18H23F2N3O3S2/c1-11(2)9-23-13(4)12(3)21-18(23)27-10-16(24)22-14-7-5-6-8-15(14)28(25,26)17(19)20/h5-8,11,17H,9-10H2,1-4H3,(H,22,24). The van der Waals surface area contributed by atoms with E-state index >= 15 is 0 Å². The molecule has 0 aliphatic carbocycles. The van der Waals surface area contributed by atoms with Gasteiger partial charge in [-0.15, -0.1) is 0 Å². The first-order valence-corrected chi connectivity index (χ1v) is 11.1. The van der Waals surface area contributed by atoms with Gasteiger partial charge in [-0.05, 0) is 31.9 Å². The van der Waals surface area contributed by atoms with Gasteiger partial charge in [-0.1, -0.05) is 37.7 Å². The Kier molecular flexibility index (Phi) is 7.22. The number of thioether (sulfide) groups is 1. The summed E-state index contributed by atoms with van der Waals surface area (Å²) in [4.78, 5) is 16.2. The number of sulfone groups is 1. The fourth-order valence-corrected chi connectivity index (χ4v) is 4.33. The monoisotopic (exact) mass is 431 g/mol. The van der Waals surface area contributed by atoms with Crippen LogP contribution in [0.1, 0.15) is 25.2 Å². The normalized spacial score (nSPS) is 12.0. The van der Waals surface area contributed by atoms with E-state index in [1.54, 1.807) is 0 Å². The van der Waals surface area contributed by atoms with Crippen molar-refractivity contribution in [2.24, 2.45) is 5.92 Å². The van der Waals surface area contributed by atoms with Crippen LogP contribution in [0.5, 0.6) is 0 Å². The van der Waals surface area contributed by atoms with E-state index in [4.69, 9.17) is 0 Å². The molecule has 0 atom stereocenters. The highest BCUT2D eigenvalue weighted by Crippen LogP contribution is 2.27. The maximum absolute atomic E-state index is 12.9. The van der Waals surface area contributed by atoms with Crippen LogP contribution in [-0.2, 0) is 21.2 Å². The fourth-order valence-electron chi connectivity index (χ4n) is 2.54. The molecule has 10 heteroatoms. The number of rotatable bonds is 8. The molecule has 6 nitrogen and oxygen atoms in total. The first kappa shape index (κ1) is 22.4. The molecule has 0 aliphatic heterocycles. The molecule has 0 saturated carbocycles. The molecular formula is C18H23F2N3O3S2. The predicted molar refractivity (Wildman–Crippen MR) is 106 cm³/mol. The zero-order valence-electron chi connectivity index (χ0n) is 16.1. The van der Waals surface area contributed by atoms with E-state index in [1.807, 2.05) is 18.4 Å². The van der Waals surface area contributed by atoms with Crippen LogP contribution in [0.2, 0.25) is 0 Å². The maximum Gasteiger partial charge on any atom is 0.341 e. The molecule has 0 spiro atoms. The summed E-state index contributed by atoms with van der Waals surface area (Å²) in [6, 6.07) is 5.13. The number of carbonyl (C=O) groups is 1. The number of alkyl halides is 2. The minimum atomic E-state index is -4.81. The Balaban J connectivity index is 2.14. The molecule has 0 radical (unpaired) electrons. The number of nitrogens with one attached hydrogen (secondary N) is 1. The number of anilines is 1. The second kappa shape index (κ2) is 9.04. The third kappa shape index (κ3) is 5.11. The molecule has 2 aromatic rings. The highest BCUT2D eigenvalue weighted by molar-refractivity contribution is 7.99. The lowest BCUT2D eigenvalue weighted by atomic mass is 10.2. The van der Waals surface area contributed by atoms with Crippen molar-refractivity contribution >= 4 is 33.2 Å². The Bertz CT molecular complexity index is 957. The van der Waals surface area contributed by atoms with Crippen LogP contribution in [0.3, 0.4) is 0 Å². The number of hydrogen-bond donors (Lipinski definition) is 1. The molecule has 28 heavy (non-hydrogen) atoms. The molecule has 1 N–H and O–H groups in total. The van der Waals surface area contributed by atoms with E-state index in [0.717, 1.165) is 24.0 Å². The molecule has 1 aromatic carbocycles. The summed E-state index contributed by atoms with van der Waals surface area (Å²) in [5.74, 6) is -3.70. The van der Waals surface area contributed by atoms with E-state index in [-0.39, 0.29) is 11.4 Å². The number of benzene rings is 1. The quantitative estimate of drug-likeness (QED) is 0.642. The van der Waals surface area contributed by atoms with E-state index < -0.39 is 26.4 Å². The minimum absolute atomic E-state index is 0.0307. The summed E-state index contributed by atoms with van der Waals surface area (Å²) in [6.45, 7) is 8.76. The van der Waals surface area contributed by atoms with Crippen molar-refractivity contribution in [1.82, 2.24) is 9.55 Å². The summed E-state index contributed by atoms with van der Waals surface area (Å²) in [7, 11) is -4.81. The summed E-state index contributed by atoms with van der Waals surface area (Å²) in [6.07, 6.45) is 0. The van der Waals surface area contributed by atoms with Crippen LogP contribution >= 0.6 is 11.8 Å². The van der Waals surface area contributed by atoms with Gasteiger partial charge in [0.2, 0.25) is 15.7 Å². The van der Waals surface area contributed by atoms with Gasteiger partial charge in [-0.3, -0.25) is 4.79 Å². The molecule has 0 aliphatic rings. The third-order valence-corrected chi connectivity index (χ3v) is 6.42. The van der Waals surface area contributed by atoms with Crippen LogP contribution in [-0.4, -0.2) is 35.4 Å². The number of carbonyl (C=O) groups excluding carboxylic acids is 1. The lowest BCUT2D eigenvalue weighted by molar-refractivity contribution is -0.113. The minimum Gasteiger partial charge on any atom is -0.324 e. The van der Waals surface area contributed by atoms with Crippen LogP contribution in [0.15, 0.2) is 34.3 Å². The van der Waals surface area contributed by atoms with Gasteiger partial charge in [0.05, 0.1) is 22.0 Å². The number of nitrogens with zero attached hydrogens (tertiary/aromatic N) is 2. The van der Waals surface area contributed by atoms with E-state index in [9.17, 15) is 22.0 Å². The predicted octanol–water partition coefficient (Wildman–Crippen LogP) is 3.88. The molecule has 154 valence electrons. The van der Waals surface area contributed by atoms with Gasteiger partial charge >= 0.3 is 5.76 Å². The van der Waals surface area contributed by atoms with Crippen molar-refractivity contribution in [3.63, 3.8) is 0 Å². The molecule has 1 amide bonds. The second-order valence-electron chi connectivity index (χ2n) is 6.71. The topological polar surface area (TPSA) is 81.1 Å². The van der Waals surface area contributed by atoms with Crippen molar-refractivity contribution in [3.05, 3.63) is 35.7 Å². The number of aryl methyl sites for hydroxylation is 1. The molecule has 0 fully saturated rings. The zero-order chi connectivity index (χ0) is 21.1. The summed E-state index contributed by atoms with van der Waals surface area (Å²) in [5, 5.41) is 3.10. The number of imidazole rings is 1. The Labute approximate surface area is 167 Å². The van der Waals surface area contributed by atoms with Crippen LogP contribution in [0.4, 0.5) is 14.5 Å². The van der Waals surface area contributed by atoms with Gasteiger partial charge in [0.1, 0.15) is 0 Å². The number of amides is 1. The maximum atomic E-state index is 12.9. The van der Waals surface area contributed by atoms with Crippen LogP contribution < -0.4 is 5.32 Å². The number of halogens is 2. The van der Waals surface area contributed by atoms with Crippen LogP contribution in [0.25, 0.3) is 0 Å².